The average Bonchev–Trinajstić information content (AvgIpc) is 3.38. The third kappa shape index (κ3) is 4.29. The molecule has 4 aromatic rings. The maximum Gasteiger partial charge on any atom is 0.332 e. The fourth-order valence-electron chi connectivity index (χ4n) is 3.31. The van der Waals surface area contributed by atoms with Gasteiger partial charge in [-0.15, -0.1) is 0 Å². The number of hydrogen-bond acceptors (Lipinski definition) is 6. The van der Waals surface area contributed by atoms with E-state index in [9.17, 15) is 14.0 Å². The van der Waals surface area contributed by atoms with Gasteiger partial charge in [0.1, 0.15) is 5.82 Å². The Balaban J connectivity index is 1.53. The number of aromatic nitrogens is 6. The Labute approximate surface area is 180 Å². The van der Waals surface area contributed by atoms with Crippen LogP contribution >= 0.6 is 11.6 Å². The number of fused-ring (bicyclic) bond motifs is 1. The second-order valence-corrected chi connectivity index (χ2v) is 7.45. The third-order valence-electron chi connectivity index (χ3n) is 4.91. The lowest BCUT2D eigenvalue weighted by Gasteiger charge is -2.10. The summed E-state index contributed by atoms with van der Waals surface area (Å²) in [5.41, 5.74) is 0.215. The summed E-state index contributed by atoms with van der Waals surface area (Å²) in [7, 11) is 0. The van der Waals surface area contributed by atoms with Gasteiger partial charge in [0.25, 0.3) is 5.56 Å². The molecule has 0 amide bonds. The van der Waals surface area contributed by atoms with E-state index in [2.05, 4.69) is 20.1 Å². The van der Waals surface area contributed by atoms with Crippen molar-refractivity contribution in [3.05, 3.63) is 62.1 Å². The molecular formula is C20H20ClFN6O3. The number of nitrogens with one attached hydrogen (secondary N) is 1. The van der Waals surface area contributed by atoms with Crippen LogP contribution in [0.25, 0.3) is 22.6 Å². The SMILES string of the molecule is CCCCn1c(=O)n(CCCc2nc(-c3ccc(F)cc3)no2)c(=O)c2[nH]c(Cl)nc21. The summed E-state index contributed by atoms with van der Waals surface area (Å²) in [6.45, 7) is 2.63. The zero-order chi connectivity index (χ0) is 22.0. The lowest BCUT2D eigenvalue weighted by atomic mass is 10.2. The molecule has 0 spiro atoms. The Morgan fingerprint density at radius 3 is 2.58 bits per heavy atom. The summed E-state index contributed by atoms with van der Waals surface area (Å²) < 4.78 is 20.9. The van der Waals surface area contributed by atoms with Crippen LogP contribution in [-0.2, 0) is 19.5 Å². The highest BCUT2D eigenvalue weighted by atomic mass is 35.5. The molecule has 11 heteroatoms. The van der Waals surface area contributed by atoms with Crippen LogP contribution in [0.1, 0.15) is 32.1 Å². The molecule has 0 aliphatic rings. The summed E-state index contributed by atoms with van der Waals surface area (Å²) in [6.07, 6.45) is 2.46. The maximum atomic E-state index is 13.1. The number of halogens is 2. The van der Waals surface area contributed by atoms with Crippen LogP contribution in [-0.4, -0.2) is 29.2 Å². The first kappa shape index (κ1) is 21.0. The smallest absolute Gasteiger partial charge is 0.332 e. The quantitative estimate of drug-likeness (QED) is 0.416. The van der Waals surface area contributed by atoms with E-state index in [1.165, 1.54) is 21.3 Å². The molecule has 0 bridgehead atoms. The molecule has 4 rings (SSSR count). The van der Waals surface area contributed by atoms with Gasteiger partial charge in [0.05, 0.1) is 0 Å². The van der Waals surface area contributed by atoms with E-state index in [0.29, 0.717) is 36.7 Å². The largest absolute Gasteiger partial charge is 0.339 e. The zero-order valence-electron chi connectivity index (χ0n) is 16.8. The molecule has 0 unspecified atom stereocenters. The van der Waals surface area contributed by atoms with Gasteiger partial charge in [0, 0.05) is 25.1 Å². The first-order valence-electron chi connectivity index (χ1n) is 9.95. The number of aromatic amines is 1. The van der Waals surface area contributed by atoms with E-state index in [1.807, 2.05) is 6.92 Å². The topological polar surface area (TPSA) is 112 Å². The van der Waals surface area contributed by atoms with Crippen molar-refractivity contribution in [2.24, 2.45) is 0 Å². The molecule has 0 saturated carbocycles. The summed E-state index contributed by atoms with van der Waals surface area (Å²) in [6, 6.07) is 5.76. The van der Waals surface area contributed by atoms with Gasteiger partial charge in [-0.25, -0.2) is 9.18 Å². The van der Waals surface area contributed by atoms with E-state index < -0.39 is 11.2 Å². The number of hydrogen-bond donors (Lipinski definition) is 1. The minimum Gasteiger partial charge on any atom is -0.339 e. The van der Waals surface area contributed by atoms with Gasteiger partial charge in [-0.3, -0.25) is 13.9 Å². The maximum absolute atomic E-state index is 13.1. The van der Waals surface area contributed by atoms with Gasteiger partial charge < -0.3 is 9.51 Å². The van der Waals surface area contributed by atoms with Crippen molar-refractivity contribution in [1.82, 2.24) is 29.2 Å². The van der Waals surface area contributed by atoms with Gasteiger partial charge in [-0.1, -0.05) is 18.5 Å². The molecule has 0 aliphatic heterocycles. The number of nitrogens with zero attached hydrogens (tertiary/aromatic N) is 5. The lowest BCUT2D eigenvalue weighted by Crippen LogP contribution is -2.40. The van der Waals surface area contributed by atoms with Crippen LogP contribution in [0.15, 0.2) is 38.4 Å². The first-order valence-corrected chi connectivity index (χ1v) is 10.3. The predicted octanol–water partition coefficient (Wildman–Crippen LogP) is 3.16. The number of benzene rings is 1. The number of unbranched alkanes of at least 4 members (excludes halogenated alkanes) is 1. The van der Waals surface area contributed by atoms with Gasteiger partial charge in [-0.2, -0.15) is 9.97 Å². The summed E-state index contributed by atoms with van der Waals surface area (Å²) in [5, 5.41) is 3.96. The van der Waals surface area contributed by atoms with Gasteiger partial charge in [-0.05, 0) is 48.7 Å². The Kier molecular flexibility index (Phi) is 5.99. The van der Waals surface area contributed by atoms with Crippen LogP contribution in [0.5, 0.6) is 0 Å². The molecule has 0 saturated heterocycles. The molecule has 1 aromatic carbocycles. The molecule has 162 valence electrons. The number of rotatable bonds is 8. The van der Waals surface area contributed by atoms with Crippen molar-refractivity contribution >= 4 is 22.8 Å². The molecule has 1 N–H and O–H groups in total. The molecule has 3 aromatic heterocycles. The Bertz CT molecular complexity index is 1320. The van der Waals surface area contributed by atoms with E-state index >= 15 is 0 Å². The highest BCUT2D eigenvalue weighted by molar-refractivity contribution is 6.28. The van der Waals surface area contributed by atoms with E-state index in [4.69, 9.17) is 16.1 Å². The molecular weight excluding hydrogens is 427 g/mol. The monoisotopic (exact) mass is 446 g/mol. The molecule has 3 heterocycles. The highest BCUT2D eigenvalue weighted by Crippen LogP contribution is 2.17. The normalized spacial score (nSPS) is 11.5. The minimum absolute atomic E-state index is 0.0636. The summed E-state index contributed by atoms with van der Waals surface area (Å²) >= 11 is 5.93. The highest BCUT2D eigenvalue weighted by Gasteiger charge is 2.17. The predicted molar refractivity (Wildman–Crippen MR) is 113 cm³/mol. The summed E-state index contributed by atoms with van der Waals surface area (Å²) in [5.74, 6) is 0.366. The Morgan fingerprint density at radius 1 is 1.10 bits per heavy atom. The van der Waals surface area contributed by atoms with Gasteiger partial charge >= 0.3 is 5.69 Å². The van der Waals surface area contributed by atoms with Crippen molar-refractivity contribution in [2.45, 2.75) is 45.7 Å². The van der Waals surface area contributed by atoms with Crippen molar-refractivity contribution in [1.29, 1.82) is 0 Å². The fraction of sp³-hybridized carbons (Fsp3) is 0.350. The van der Waals surface area contributed by atoms with E-state index in [0.717, 1.165) is 12.8 Å². The van der Waals surface area contributed by atoms with Crippen molar-refractivity contribution in [2.75, 3.05) is 0 Å². The van der Waals surface area contributed by atoms with Crippen molar-refractivity contribution in [3.63, 3.8) is 0 Å². The van der Waals surface area contributed by atoms with Crippen molar-refractivity contribution in [3.8, 4) is 11.4 Å². The van der Waals surface area contributed by atoms with Crippen LogP contribution in [0.3, 0.4) is 0 Å². The summed E-state index contributed by atoms with van der Waals surface area (Å²) in [4.78, 5) is 36.8. The standard InChI is InChI=1S/C20H20ClFN6O3/c1-2-3-10-27-17-15(24-19(21)25-17)18(29)28(20(27)30)11-4-5-14-23-16(26-31-14)12-6-8-13(22)9-7-12/h6-9H,2-5,10-11H2,1H3,(H,24,25). The van der Waals surface area contributed by atoms with Crippen LogP contribution < -0.4 is 11.2 Å². The molecule has 9 nitrogen and oxygen atoms in total. The first-order chi connectivity index (χ1) is 15.0. The molecule has 0 radical (unpaired) electrons. The molecule has 31 heavy (non-hydrogen) atoms. The molecule has 0 fully saturated rings. The lowest BCUT2D eigenvalue weighted by molar-refractivity contribution is 0.371. The van der Waals surface area contributed by atoms with E-state index in [-0.39, 0.29) is 28.8 Å². The number of H-pyrrole nitrogens is 1. The van der Waals surface area contributed by atoms with Crippen LogP contribution in [0.4, 0.5) is 4.39 Å². The second-order valence-electron chi connectivity index (χ2n) is 7.09. The van der Waals surface area contributed by atoms with Crippen molar-refractivity contribution < 1.29 is 8.91 Å². The van der Waals surface area contributed by atoms with Gasteiger partial charge in [0.2, 0.25) is 17.0 Å². The van der Waals surface area contributed by atoms with E-state index in [1.54, 1.807) is 12.1 Å². The Morgan fingerprint density at radius 2 is 1.84 bits per heavy atom. The Hall–Kier alpha value is -3.27. The second kappa shape index (κ2) is 8.84. The minimum atomic E-state index is -0.468. The van der Waals surface area contributed by atoms with Gasteiger partial charge in [0.15, 0.2) is 11.2 Å². The fourth-order valence-corrected chi connectivity index (χ4v) is 3.49. The van der Waals surface area contributed by atoms with Crippen LogP contribution in [0, 0.1) is 5.82 Å². The third-order valence-corrected chi connectivity index (χ3v) is 5.09. The van der Waals surface area contributed by atoms with Crippen LogP contribution in [0.2, 0.25) is 5.28 Å². The molecule has 0 atom stereocenters. The average molecular weight is 447 g/mol. The molecule has 0 aliphatic carbocycles. The zero-order valence-corrected chi connectivity index (χ0v) is 17.5. The number of imidazole rings is 1. The number of aryl methyl sites for hydroxylation is 2.